The van der Waals surface area contributed by atoms with Crippen molar-refractivity contribution in [1.82, 2.24) is 19.6 Å². The van der Waals surface area contributed by atoms with Crippen molar-refractivity contribution in [3.8, 4) is 0 Å². The summed E-state index contributed by atoms with van der Waals surface area (Å²) in [5.41, 5.74) is 0.665. The Morgan fingerprint density at radius 3 is 2.57 bits per heavy atom. The summed E-state index contributed by atoms with van der Waals surface area (Å²) in [6, 6.07) is 9.55. The van der Waals surface area contributed by atoms with Crippen LogP contribution < -0.4 is 0 Å². The number of alkyl halides is 2. The summed E-state index contributed by atoms with van der Waals surface area (Å²) in [7, 11) is 1.30. The zero-order chi connectivity index (χ0) is 21.4. The van der Waals surface area contributed by atoms with Gasteiger partial charge in [0.15, 0.2) is 5.69 Å². The number of ether oxygens (including phenoxy) is 1. The highest BCUT2D eigenvalue weighted by atomic mass is 19.3. The maximum Gasteiger partial charge on any atom is 0.333 e. The lowest BCUT2D eigenvalue weighted by atomic mass is 9.93. The van der Waals surface area contributed by atoms with Crippen molar-refractivity contribution in [2.45, 2.75) is 25.1 Å². The van der Waals surface area contributed by atoms with E-state index in [1.54, 1.807) is 4.90 Å². The lowest BCUT2D eigenvalue weighted by Gasteiger charge is -2.39. The number of piperazine rings is 1. The molecule has 3 heterocycles. The van der Waals surface area contributed by atoms with Crippen LogP contribution in [0.3, 0.4) is 0 Å². The van der Waals surface area contributed by atoms with Crippen molar-refractivity contribution in [2.75, 3.05) is 20.2 Å². The molecule has 10 heteroatoms. The van der Waals surface area contributed by atoms with Gasteiger partial charge in [-0.2, -0.15) is 13.9 Å². The van der Waals surface area contributed by atoms with Gasteiger partial charge in [-0.3, -0.25) is 14.4 Å². The van der Waals surface area contributed by atoms with Crippen LogP contribution in [0, 0.1) is 5.92 Å². The number of rotatable bonds is 4. The Kier molecular flexibility index (Phi) is 5.23. The molecule has 0 spiro atoms. The van der Waals surface area contributed by atoms with Gasteiger partial charge in [0.05, 0.1) is 25.1 Å². The van der Waals surface area contributed by atoms with Crippen LogP contribution in [-0.4, -0.2) is 63.6 Å². The summed E-state index contributed by atoms with van der Waals surface area (Å²) in [6.45, 7) is -2.89. The number of benzene rings is 1. The van der Waals surface area contributed by atoms with Crippen LogP contribution in [0.2, 0.25) is 0 Å². The van der Waals surface area contributed by atoms with Gasteiger partial charge in [0.25, 0.3) is 5.91 Å². The molecule has 1 aromatic carbocycles. The second-order valence-corrected chi connectivity index (χ2v) is 7.32. The number of halogens is 2. The van der Waals surface area contributed by atoms with Crippen LogP contribution in [-0.2, 0) is 14.3 Å². The number of amides is 2. The average Bonchev–Trinajstić information content (AvgIpc) is 3.39. The largest absolute Gasteiger partial charge is 0.469 e. The molecule has 2 aromatic rings. The van der Waals surface area contributed by atoms with E-state index in [4.69, 9.17) is 4.74 Å². The third-order valence-corrected chi connectivity index (χ3v) is 5.61. The van der Waals surface area contributed by atoms with Crippen LogP contribution in [0.15, 0.2) is 42.6 Å². The first kappa shape index (κ1) is 20.0. The predicted octanol–water partition coefficient (Wildman–Crippen LogP) is 1.87. The molecule has 2 aliphatic rings. The third-order valence-electron chi connectivity index (χ3n) is 5.61. The summed E-state index contributed by atoms with van der Waals surface area (Å²) in [4.78, 5) is 41.1. The number of aromatic nitrogens is 2. The highest BCUT2D eigenvalue weighted by Gasteiger charge is 2.51. The topological polar surface area (TPSA) is 84.7 Å². The van der Waals surface area contributed by atoms with Gasteiger partial charge in [0.2, 0.25) is 5.91 Å². The molecule has 158 valence electrons. The van der Waals surface area contributed by atoms with E-state index >= 15 is 0 Å². The summed E-state index contributed by atoms with van der Waals surface area (Å²) in [5.74, 6) is -1.88. The molecule has 2 amide bonds. The Bertz CT molecular complexity index is 965. The lowest BCUT2D eigenvalue weighted by molar-refractivity contribution is -0.147. The van der Waals surface area contributed by atoms with Crippen molar-refractivity contribution < 1.29 is 27.9 Å². The van der Waals surface area contributed by atoms with E-state index in [2.05, 4.69) is 5.10 Å². The van der Waals surface area contributed by atoms with Gasteiger partial charge in [0.1, 0.15) is 6.54 Å². The van der Waals surface area contributed by atoms with Crippen LogP contribution in [0.5, 0.6) is 0 Å². The van der Waals surface area contributed by atoms with Gasteiger partial charge in [0, 0.05) is 12.7 Å². The number of hydrogen-bond donors (Lipinski definition) is 0. The summed E-state index contributed by atoms with van der Waals surface area (Å²) < 4.78 is 30.8. The SMILES string of the molecule is COC(=O)[C@H]1C[C@H]2CN(C(=O)c3ccn(C(F)F)n3)CC(=O)N2[C@H]1c1ccccc1. The molecule has 8 nitrogen and oxygen atoms in total. The lowest BCUT2D eigenvalue weighted by Crippen LogP contribution is -2.56. The van der Waals surface area contributed by atoms with Crippen molar-refractivity contribution >= 4 is 17.8 Å². The molecule has 1 aromatic heterocycles. The minimum absolute atomic E-state index is 0.154. The summed E-state index contributed by atoms with van der Waals surface area (Å²) in [5, 5.41) is 3.59. The molecule has 3 atom stereocenters. The molecule has 0 radical (unpaired) electrons. The van der Waals surface area contributed by atoms with Crippen LogP contribution >= 0.6 is 0 Å². The molecule has 2 aliphatic heterocycles. The predicted molar refractivity (Wildman–Crippen MR) is 99.3 cm³/mol. The monoisotopic (exact) mass is 418 g/mol. The normalized spacial score (nSPS) is 23.6. The van der Waals surface area contributed by atoms with E-state index in [1.807, 2.05) is 30.3 Å². The van der Waals surface area contributed by atoms with Crippen LogP contribution in [0.1, 0.15) is 35.1 Å². The number of nitrogens with zero attached hydrogens (tertiary/aromatic N) is 4. The summed E-state index contributed by atoms with van der Waals surface area (Å²) >= 11 is 0. The molecule has 2 saturated heterocycles. The standard InChI is InChI=1S/C20H20F2N4O4/c1-30-19(29)14-9-13-10-24(18(28)15-7-8-25(23-15)20(21)22)11-16(27)26(13)17(14)12-5-3-2-4-6-12/h2-8,13-14,17,20H,9-11H2,1H3/t13-,14-,17-/m0/s1. The molecular weight excluding hydrogens is 398 g/mol. The van der Waals surface area contributed by atoms with Gasteiger partial charge in [-0.1, -0.05) is 30.3 Å². The molecule has 4 rings (SSSR count). The zero-order valence-corrected chi connectivity index (χ0v) is 16.1. The smallest absolute Gasteiger partial charge is 0.333 e. The number of hydrogen-bond acceptors (Lipinski definition) is 5. The van der Waals surface area contributed by atoms with Gasteiger partial charge < -0.3 is 14.5 Å². The first-order chi connectivity index (χ1) is 14.4. The van der Waals surface area contributed by atoms with E-state index in [1.165, 1.54) is 18.1 Å². The van der Waals surface area contributed by atoms with Gasteiger partial charge in [-0.25, -0.2) is 4.68 Å². The van der Waals surface area contributed by atoms with Crippen LogP contribution in [0.4, 0.5) is 8.78 Å². The highest BCUT2D eigenvalue weighted by Crippen LogP contribution is 2.43. The number of esters is 1. The molecule has 0 unspecified atom stereocenters. The van der Waals surface area contributed by atoms with Crippen molar-refractivity contribution in [3.63, 3.8) is 0 Å². The Morgan fingerprint density at radius 1 is 1.20 bits per heavy atom. The molecule has 0 aliphatic carbocycles. The zero-order valence-electron chi connectivity index (χ0n) is 16.1. The number of carbonyl (C=O) groups is 3. The Balaban J connectivity index is 1.59. The quantitative estimate of drug-likeness (QED) is 0.708. The number of methoxy groups -OCH3 is 1. The maximum absolute atomic E-state index is 13.0. The average molecular weight is 418 g/mol. The minimum atomic E-state index is -2.85. The fourth-order valence-electron chi connectivity index (χ4n) is 4.34. The van der Waals surface area contributed by atoms with Crippen molar-refractivity contribution in [2.24, 2.45) is 5.92 Å². The molecule has 0 N–H and O–H groups in total. The van der Waals surface area contributed by atoms with Crippen molar-refractivity contribution in [3.05, 3.63) is 53.9 Å². The highest BCUT2D eigenvalue weighted by molar-refractivity contribution is 5.96. The number of carbonyl (C=O) groups excluding carboxylic acids is 3. The maximum atomic E-state index is 13.0. The van der Waals surface area contributed by atoms with Gasteiger partial charge >= 0.3 is 12.5 Å². The Morgan fingerprint density at radius 2 is 1.93 bits per heavy atom. The third kappa shape index (κ3) is 3.42. The second kappa shape index (κ2) is 7.85. The second-order valence-electron chi connectivity index (χ2n) is 7.32. The fraction of sp³-hybridized carbons (Fsp3) is 0.400. The Labute approximate surface area is 171 Å². The van der Waals surface area contributed by atoms with Gasteiger partial charge in [-0.15, -0.1) is 0 Å². The first-order valence-electron chi connectivity index (χ1n) is 9.47. The summed E-state index contributed by atoms with van der Waals surface area (Å²) in [6.07, 6.45) is 1.36. The first-order valence-corrected chi connectivity index (χ1v) is 9.47. The number of fused-ring (bicyclic) bond motifs is 1. The van der Waals surface area contributed by atoms with E-state index in [-0.39, 0.29) is 30.7 Å². The van der Waals surface area contributed by atoms with Crippen LogP contribution in [0.25, 0.3) is 0 Å². The van der Waals surface area contributed by atoms with Gasteiger partial charge in [-0.05, 0) is 18.1 Å². The van der Waals surface area contributed by atoms with E-state index in [0.717, 1.165) is 11.8 Å². The molecule has 0 bridgehead atoms. The fourth-order valence-corrected chi connectivity index (χ4v) is 4.34. The minimum Gasteiger partial charge on any atom is -0.469 e. The molecule has 2 fully saturated rings. The van der Waals surface area contributed by atoms with E-state index in [0.29, 0.717) is 11.1 Å². The molecular formula is C20H20F2N4O4. The van der Waals surface area contributed by atoms with E-state index in [9.17, 15) is 23.2 Å². The molecule has 0 saturated carbocycles. The van der Waals surface area contributed by atoms with E-state index < -0.39 is 30.4 Å². The van der Waals surface area contributed by atoms with Crippen molar-refractivity contribution in [1.29, 1.82) is 0 Å². The Hall–Kier alpha value is -3.30. The molecule has 30 heavy (non-hydrogen) atoms.